The summed E-state index contributed by atoms with van der Waals surface area (Å²) in [7, 11) is 0. The molecule has 0 saturated carbocycles. The first-order valence-electron chi connectivity index (χ1n) is 8.55. The molecule has 26 heavy (non-hydrogen) atoms. The number of nitrogens with one attached hydrogen (secondary N) is 1. The Morgan fingerprint density at radius 3 is 3.00 bits per heavy atom. The van der Waals surface area contributed by atoms with Crippen molar-refractivity contribution in [2.45, 2.75) is 32.4 Å². The number of fused-ring (bicyclic) bond motifs is 1. The molecule has 1 aliphatic heterocycles. The summed E-state index contributed by atoms with van der Waals surface area (Å²) < 4.78 is 11.1. The van der Waals surface area contributed by atoms with Crippen LogP contribution in [-0.4, -0.2) is 45.4 Å². The van der Waals surface area contributed by atoms with Gasteiger partial charge in [0.1, 0.15) is 17.0 Å². The maximum Gasteiger partial charge on any atom is 0.253 e. The number of pyridine rings is 1. The van der Waals surface area contributed by atoms with Crippen LogP contribution in [-0.2, 0) is 10.3 Å². The molecule has 0 spiro atoms. The zero-order valence-corrected chi connectivity index (χ0v) is 15.8. The Hall–Kier alpha value is -2.50. The van der Waals surface area contributed by atoms with E-state index in [1.165, 1.54) is 11.5 Å². The summed E-state index contributed by atoms with van der Waals surface area (Å²) in [6.07, 6.45) is 1.71. The number of nitrogens with zero attached hydrogens (tertiary/aromatic N) is 5. The minimum atomic E-state index is -0.650. The van der Waals surface area contributed by atoms with E-state index in [0.29, 0.717) is 13.2 Å². The summed E-state index contributed by atoms with van der Waals surface area (Å²) in [5.74, 6) is 0.876. The van der Waals surface area contributed by atoms with Crippen LogP contribution in [0.4, 0.5) is 5.82 Å². The van der Waals surface area contributed by atoms with E-state index < -0.39 is 5.54 Å². The van der Waals surface area contributed by atoms with E-state index in [1.807, 2.05) is 19.9 Å². The van der Waals surface area contributed by atoms with Crippen molar-refractivity contribution in [1.82, 2.24) is 19.6 Å². The van der Waals surface area contributed by atoms with E-state index in [2.05, 4.69) is 37.3 Å². The second kappa shape index (κ2) is 6.34. The van der Waals surface area contributed by atoms with Gasteiger partial charge in [-0.2, -0.15) is 9.47 Å². The SMILES string of the molecule is [C-]#[N+]C(C)(C)c1cc(N2CCOC[C@H]2C)nc2c(-c3ccn[nH]3)nsc12. The lowest BCUT2D eigenvalue weighted by Gasteiger charge is -2.34. The largest absolute Gasteiger partial charge is 0.377 e. The van der Waals surface area contributed by atoms with Crippen molar-refractivity contribution in [3.05, 3.63) is 35.3 Å². The van der Waals surface area contributed by atoms with Crippen LogP contribution in [0.5, 0.6) is 0 Å². The molecule has 3 aromatic rings. The molecule has 0 bridgehead atoms. The zero-order valence-electron chi connectivity index (χ0n) is 15.0. The lowest BCUT2D eigenvalue weighted by molar-refractivity contribution is 0.0985. The highest BCUT2D eigenvalue weighted by molar-refractivity contribution is 7.13. The van der Waals surface area contributed by atoms with E-state index in [-0.39, 0.29) is 6.04 Å². The summed E-state index contributed by atoms with van der Waals surface area (Å²) in [6.45, 7) is 15.8. The topological polar surface area (TPSA) is 71.3 Å². The van der Waals surface area contributed by atoms with Crippen molar-refractivity contribution in [2.24, 2.45) is 0 Å². The fourth-order valence-corrected chi connectivity index (χ4v) is 4.20. The van der Waals surface area contributed by atoms with Crippen LogP contribution in [0.15, 0.2) is 18.3 Å². The molecule has 1 atom stereocenters. The van der Waals surface area contributed by atoms with Crippen molar-refractivity contribution in [3.8, 4) is 11.4 Å². The van der Waals surface area contributed by atoms with Gasteiger partial charge in [0.05, 0.1) is 35.2 Å². The van der Waals surface area contributed by atoms with Crippen molar-refractivity contribution < 1.29 is 4.74 Å². The van der Waals surface area contributed by atoms with Gasteiger partial charge in [-0.1, -0.05) is 0 Å². The maximum absolute atomic E-state index is 7.66. The predicted octanol–water partition coefficient (Wildman–Crippen LogP) is 3.46. The molecule has 1 N–H and O–H groups in total. The molecule has 134 valence electrons. The average molecular weight is 368 g/mol. The Morgan fingerprint density at radius 2 is 2.31 bits per heavy atom. The molecular weight excluding hydrogens is 348 g/mol. The smallest absolute Gasteiger partial charge is 0.253 e. The number of rotatable bonds is 3. The van der Waals surface area contributed by atoms with Gasteiger partial charge >= 0.3 is 0 Å². The van der Waals surface area contributed by atoms with Crippen LogP contribution in [0, 0.1) is 6.57 Å². The maximum atomic E-state index is 7.66. The Labute approximate surface area is 156 Å². The quantitative estimate of drug-likeness (QED) is 0.717. The molecule has 1 saturated heterocycles. The van der Waals surface area contributed by atoms with E-state index in [4.69, 9.17) is 16.3 Å². The Bertz CT molecular complexity index is 972. The first-order valence-corrected chi connectivity index (χ1v) is 9.32. The van der Waals surface area contributed by atoms with Gasteiger partial charge in [0.15, 0.2) is 0 Å². The minimum absolute atomic E-state index is 0.236. The van der Waals surface area contributed by atoms with Gasteiger partial charge < -0.3 is 14.5 Å². The third-order valence-electron chi connectivity index (χ3n) is 4.77. The van der Waals surface area contributed by atoms with Crippen LogP contribution in [0.25, 0.3) is 26.4 Å². The predicted molar refractivity (Wildman–Crippen MR) is 102 cm³/mol. The molecule has 8 heteroatoms. The Kier molecular flexibility index (Phi) is 4.13. The molecule has 3 aromatic heterocycles. The van der Waals surface area contributed by atoms with Gasteiger partial charge in [-0.15, -0.1) is 0 Å². The fourth-order valence-electron chi connectivity index (χ4n) is 3.20. The van der Waals surface area contributed by atoms with Gasteiger partial charge in [-0.25, -0.2) is 11.6 Å². The lowest BCUT2D eigenvalue weighted by Crippen LogP contribution is -2.44. The molecular formula is C18H20N6OS. The number of hydrogen-bond acceptors (Lipinski definition) is 6. The highest BCUT2D eigenvalue weighted by Crippen LogP contribution is 2.39. The second-order valence-electron chi connectivity index (χ2n) is 7.00. The van der Waals surface area contributed by atoms with Crippen molar-refractivity contribution in [3.63, 3.8) is 0 Å². The molecule has 7 nitrogen and oxygen atoms in total. The molecule has 1 fully saturated rings. The third kappa shape index (κ3) is 2.73. The summed E-state index contributed by atoms with van der Waals surface area (Å²) in [6, 6.07) is 4.18. The van der Waals surface area contributed by atoms with E-state index in [1.54, 1.807) is 6.20 Å². The van der Waals surface area contributed by atoms with Gasteiger partial charge in [0.25, 0.3) is 5.54 Å². The molecule has 4 heterocycles. The highest BCUT2D eigenvalue weighted by Gasteiger charge is 2.33. The van der Waals surface area contributed by atoms with E-state index in [9.17, 15) is 0 Å². The number of aromatic amines is 1. The standard InChI is InChI=1S/C18H20N6OS/c1-11-10-25-8-7-24(11)14-9-12(18(2,3)19-4)17-16(21-14)15(23-26-17)13-5-6-20-22-13/h5-6,9,11H,7-8,10H2,1-3H3,(H,20,22)/t11-/m1/s1. The molecule has 0 amide bonds. The van der Waals surface area contributed by atoms with Crippen molar-refractivity contribution in [2.75, 3.05) is 24.7 Å². The Balaban J connectivity index is 1.96. The number of ether oxygens (including phenoxy) is 1. The summed E-state index contributed by atoms with van der Waals surface area (Å²) in [4.78, 5) is 11.0. The van der Waals surface area contributed by atoms with Gasteiger partial charge in [0, 0.05) is 26.6 Å². The van der Waals surface area contributed by atoms with Crippen LogP contribution in [0.2, 0.25) is 0 Å². The third-order valence-corrected chi connectivity index (χ3v) is 5.64. The summed E-state index contributed by atoms with van der Waals surface area (Å²) in [5.41, 5.74) is 2.76. The van der Waals surface area contributed by atoms with Gasteiger partial charge in [-0.05, 0) is 30.6 Å². The number of hydrogen-bond donors (Lipinski definition) is 1. The molecule has 4 rings (SSSR count). The number of aromatic nitrogens is 4. The average Bonchev–Trinajstić information content (AvgIpc) is 3.30. The monoisotopic (exact) mass is 368 g/mol. The lowest BCUT2D eigenvalue weighted by atomic mass is 9.95. The van der Waals surface area contributed by atoms with Crippen LogP contribution in [0.1, 0.15) is 26.3 Å². The zero-order chi connectivity index (χ0) is 18.3. The summed E-state index contributed by atoms with van der Waals surface area (Å²) >= 11 is 1.39. The fraction of sp³-hybridized carbons (Fsp3) is 0.444. The molecule has 0 radical (unpaired) electrons. The number of anilines is 1. The molecule has 0 aliphatic carbocycles. The first-order chi connectivity index (χ1) is 12.5. The van der Waals surface area contributed by atoms with Gasteiger partial charge in [-0.3, -0.25) is 5.10 Å². The van der Waals surface area contributed by atoms with Crippen LogP contribution in [0.3, 0.4) is 0 Å². The van der Waals surface area contributed by atoms with Crippen LogP contribution >= 0.6 is 11.5 Å². The number of morpholine rings is 1. The minimum Gasteiger partial charge on any atom is -0.377 e. The normalized spacial score (nSPS) is 18.2. The van der Waals surface area contributed by atoms with E-state index >= 15 is 0 Å². The molecule has 0 unspecified atom stereocenters. The van der Waals surface area contributed by atoms with Crippen molar-refractivity contribution in [1.29, 1.82) is 0 Å². The molecule has 1 aliphatic rings. The summed E-state index contributed by atoms with van der Waals surface area (Å²) in [5, 5.41) is 7.00. The number of H-pyrrole nitrogens is 1. The Morgan fingerprint density at radius 1 is 1.46 bits per heavy atom. The van der Waals surface area contributed by atoms with E-state index in [0.717, 1.165) is 39.5 Å². The highest BCUT2D eigenvalue weighted by atomic mass is 32.1. The van der Waals surface area contributed by atoms with Crippen molar-refractivity contribution >= 4 is 27.6 Å². The van der Waals surface area contributed by atoms with Crippen LogP contribution < -0.4 is 4.90 Å². The first kappa shape index (κ1) is 16.9. The van der Waals surface area contributed by atoms with Gasteiger partial charge in [0.2, 0.25) is 0 Å². The second-order valence-corrected chi connectivity index (χ2v) is 7.77. The molecule has 0 aromatic carbocycles.